The molecule has 0 aliphatic rings. The number of hydrogen-bond acceptors (Lipinski definition) is 3. The van der Waals surface area contributed by atoms with E-state index in [-0.39, 0.29) is 18.4 Å². The van der Waals surface area contributed by atoms with E-state index in [2.05, 4.69) is 35.1 Å². The molecule has 3 aromatic carbocycles. The van der Waals surface area contributed by atoms with Crippen molar-refractivity contribution < 1.29 is 14.3 Å². The first-order valence-electron chi connectivity index (χ1n) is 11.8. The van der Waals surface area contributed by atoms with Crippen LogP contribution in [0.15, 0.2) is 77.3 Å². The van der Waals surface area contributed by atoms with E-state index < -0.39 is 6.04 Å². The van der Waals surface area contributed by atoms with Crippen LogP contribution in [0.5, 0.6) is 5.75 Å². The summed E-state index contributed by atoms with van der Waals surface area (Å²) in [4.78, 5) is 28.2. The van der Waals surface area contributed by atoms with Crippen molar-refractivity contribution in [1.82, 2.24) is 10.2 Å². The smallest absolute Gasteiger partial charge is 0.261 e. The van der Waals surface area contributed by atoms with Gasteiger partial charge in [-0.2, -0.15) is 0 Å². The molecule has 6 heteroatoms. The molecule has 1 atom stereocenters. The number of ether oxygens (including phenoxy) is 1. The van der Waals surface area contributed by atoms with Crippen molar-refractivity contribution in [3.8, 4) is 5.75 Å². The van der Waals surface area contributed by atoms with E-state index in [0.29, 0.717) is 24.6 Å². The van der Waals surface area contributed by atoms with Crippen molar-refractivity contribution in [3.63, 3.8) is 0 Å². The van der Waals surface area contributed by atoms with Gasteiger partial charge in [-0.25, -0.2) is 0 Å². The normalized spacial score (nSPS) is 11.7. The van der Waals surface area contributed by atoms with Crippen LogP contribution in [-0.4, -0.2) is 36.4 Å². The number of nitrogens with zero attached hydrogens (tertiary/aromatic N) is 1. The van der Waals surface area contributed by atoms with Gasteiger partial charge in [-0.15, -0.1) is 0 Å². The molecular formula is C29H33BrN2O3. The van der Waals surface area contributed by atoms with E-state index in [1.807, 2.05) is 79.7 Å². The molecule has 0 saturated carbocycles. The zero-order chi connectivity index (χ0) is 25.4. The average molecular weight is 537 g/mol. The van der Waals surface area contributed by atoms with Crippen LogP contribution in [0.2, 0.25) is 0 Å². The second-order valence-electron chi connectivity index (χ2n) is 8.90. The van der Waals surface area contributed by atoms with E-state index >= 15 is 0 Å². The number of amides is 2. The summed E-state index contributed by atoms with van der Waals surface area (Å²) in [6, 6.07) is 22.9. The molecule has 3 rings (SSSR count). The Morgan fingerprint density at radius 1 is 1.00 bits per heavy atom. The van der Waals surface area contributed by atoms with Crippen molar-refractivity contribution in [1.29, 1.82) is 0 Å². The maximum absolute atomic E-state index is 13.6. The molecule has 184 valence electrons. The van der Waals surface area contributed by atoms with Crippen molar-refractivity contribution in [3.05, 3.63) is 99.5 Å². The number of aryl methyl sites for hydroxylation is 1. The molecule has 5 nitrogen and oxygen atoms in total. The number of nitrogens with one attached hydrogen (secondary N) is 1. The lowest BCUT2D eigenvalue weighted by atomic mass is 10.0. The lowest BCUT2D eigenvalue weighted by Gasteiger charge is -2.31. The van der Waals surface area contributed by atoms with Crippen molar-refractivity contribution in [2.45, 2.75) is 45.7 Å². The Hall–Kier alpha value is -3.12. The van der Waals surface area contributed by atoms with Gasteiger partial charge in [0.2, 0.25) is 5.91 Å². The number of benzene rings is 3. The minimum Gasteiger partial charge on any atom is -0.483 e. The summed E-state index contributed by atoms with van der Waals surface area (Å²) in [6.07, 6.45) is 0.408. The Bertz CT molecular complexity index is 1150. The Labute approximate surface area is 216 Å². The fourth-order valence-corrected chi connectivity index (χ4v) is 4.42. The van der Waals surface area contributed by atoms with E-state index in [4.69, 9.17) is 4.74 Å². The van der Waals surface area contributed by atoms with Gasteiger partial charge >= 0.3 is 0 Å². The minimum absolute atomic E-state index is 0.173. The van der Waals surface area contributed by atoms with Gasteiger partial charge in [-0.05, 0) is 63.2 Å². The molecule has 0 radical (unpaired) electrons. The second-order valence-corrected chi connectivity index (χ2v) is 9.76. The van der Waals surface area contributed by atoms with Crippen LogP contribution in [-0.2, 0) is 22.6 Å². The molecule has 0 fully saturated rings. The average Bonchev–Trinajstić information content (AvgIpc) is 2.86. The van der Waals surface area contributed by atoms with Crippen molar-refractivity contribution in [2.75, 3.05) is 13.7 Å². The van der Waals surface area contributed by atoms with Gasteiger partial charge in [0, 0.05) is 20.0 Å². The number of likely N-dealkylation sites (N-methyl/N-ethyl adjacent to an activating group) is 1. The maximum atomic E-state index is 13.6. The molecule has 3 aromatic rings. The number of hydrogen-bond donors (Lipinski definition) is 1. The van der Waals surface area contributed by atoms with Crippen LogP contribution in [0.25, 0.3) is 0 Å². The quantitative estimate of drug-likeness (QED) is 0.364. The van der Waals surface area contributed by atoms with Gasteiger partial charge < -0.3 is 15.0 Å². The molecule has 1 N–H and O–H groups in total. The van der Waals surface area contributed by atoms with Crippen LogP contribution >= 0.6 is 15.9 Å². The predicted molar refractivity (Wildman–Crippen MR) is 143 cm³/mol. The monoisotopic (exact) mass is 536 g/mol. The van der Waals surface area contributed by atoms with Gasteiger partial charge in [-0.3, -0.25) is 9.59 Å². The Balaban J connectivity index is 1.88. The SMILES string of the molecule is CNC(=O)C(Cc1ccccc1)N(Cc1ccccc1C)C(=O)COc1ccc(C(C)C)cc1Br. The molecule has 0 aliphatic heterocycles. The van der Waals surface area contributed by atoms with E-state index in [9.17, 15) is 9.59 Å². The highest BCUT2D eigenvalue weighted by atomic mass is 79.9. The Morgan fingerprint density at radius 3 is 2.31 bits per heavy atom. The van der Waals surface area contributed by atoms with Crippen molar-refractivity contribution >= 4 is 27.7 Å². The van der Waals surface area contributed by atoms with Crippen LogP contribution < -0.4 is 10.1 Å². The molecular weight excluding hydrogens is 504 g/mol. The molecule has 0 bridgehead atoms. The van der Waals surface area contributed by atoms with Gasteiger partial charge in [0.05, 0.1) is 4.47 Å². The van der Waals surface area contributed by atoms with Gasteiger partial charge in [0.25, 0.3) is 5.91 Å². The summed E-state index contributed by atoms with van der Waals surface area (Å²) < 4.78 is 6.73. The van der Waals surface area contributed by atoms with E-state index in [0.717, 1.165) is 21.2 Å². The molecule has 0 spiro atoms. The first-order chi connectivity index (χ1) is 16.8. The predicted octanol–water partition coefficient (Wildman–Crippen LogP) is 5.65. The molecule has 2 amide bonds. The summed E-state index contributed by atoms with van der Waals surface area (Å²) in [6.45, 7) is 6.40. The van der Waals surface area contributed by atoms with Crippen LogP contribution in [0.4, 0.5) is 0 Å². The molecule has 1 unspecified atom stereocenters. The lowest BCUT2D eigenvalue weighted by Crippen LogP contribution is -2.51. The number of rotatable bonds is 10. The first kappa shape index (κ1) is 26.5. The van der Waals surface area contributed by atoms with Crippen LogP contribution in [0, 0.1) is 6.92 Å². The third-order valence-corrected chi connectivity index (χ3v) is 6.71. The lowest BCUT2D eigenvalue weighted by molar-refractivity contribution is -0.142. The highest BCUT2D eigenvalue weighted by Crippen LogP contribution is 2.29. The molecule has 0 aromatic heterocycles. The van der Waals surface area contributed by atoms with E-state index in [1.165, 1.54) is 5.56 Å². The Kier molecular flexibility index (Phi) is 9.49. The van der Waals surface area contributed by atoms with Crippen molar-refractivity contribution in [2.24, 2.45) is 0 Å². The first-order valence-corrected chi connectivity index (χ1v) is 12.6. The van der Waals surface area contributed by atoms with Gasteiger partial charge in [0.1, 0.15) is 11.8 Å². The Morgan fingerprint density at radius 2 is 1.69 bits per heavy atom. The zero-order valence-electron chi connectivity index (χ0n) is 20.8. The second kappa shape index (κ2) is 12.5. The summed E-state index contributed by atoms with van der Waals surface area (Å²) in [7, 11) is 1.60. The third kappa shape index (κ3) is 7.18. The fourth-order valence-electron chi connectivity index (χ4n) is 3.91. The molecule has 0 saturated heterocycles. The van der Waals surface area contributed by atoms with Crippen LogP contribution in [0.3, 0.4) is 0 Å². The summed E-state index contributed by atoms with van der Waals surface area (Å²) in [5.74, 6) is 0.520. The standard InChI is InChI=1S/C29H33BrN2O3/c1-20(2)23-14-15-27(25(30)17-23)35-19-28(33)32(18-24-13-9-8-10-21(24)3)26(29(34)31-4)16-22-11-6-5-7-12-22/h5-15,17,20,26H,16,18-19H2,1-4H3,(H,31,34). The van der Waals surface area contributed by atoms with Crippen LogP contribution in [0.1, 0.15) is 42.0 Å². The third-order valence-electron chi connectivity index (χ3n) is 6.09. The summed E-state index contributed by atoms with van der Waals surface area (Å²) in [5.41, 5.74) is 4.22. The number of carbonyl (C=O) groups is 2. The number of carbonyl (C=O) groups excluding carboxylic acids is 2. The largest absolute Gasteiger partial charge is 0.483 e. The molecule has 0 heterocycles. The fraction of sp³-hybridized carbons (Fsp3) is 0.310. The summed E-state index contributed by atoms with van der Waals surface area (Å²) >= 11 is 3.56. The molecule has 35 heavy (non-hydrogen) atoms. The highest BCUT2D eigenvalue weighted by molar-refractivity contribution is 9.10. The number of halogens is 1. The van der Waals surface area contributed by atoms with Gasteiger partial charge in [0.15, 0.2) is 6.61 Å². The topological polar surface area (TPSA) is 58.6 Å². The summed E-state index contributed by atoms with van der Waals surface area (Å²) in [5, 5.41) is 2.74. The minimum atomic E-state index is -0.676. The molecule has 0 aliphatic carbocycles. The van der Waals surface area contributed by atoms with Gasteiger partial charge in [-0.1, -0.05) is 74.5 Å². The zero-order valence-corrected chi connectivity index (χ0v) is 22.3. The van der Waals surface area contributed by atoms with E-state index in [1.54, 1.807) is 11.9 Å². The maximum Gasteiger partial charge on any atom is 0.261 e. The highest BCUT2D eigenvalue weighted by Gasteiger charge is 2.30.